The van der Waals surface area contributed by atoms with E-state index in [0.29, 0.717) is 19.6 Å². The van der Waals surface area contributed by atoms with Crippen LogP contribution < -0.4 is 5.32 Å². The van der Waals surface area contributed by atoms with E-state index in [1.807, 2.05) is 6.92 Å². The molecule has 1 saturated heterocycles. The fourth-order valence-electron chi connectivity index (χ4n) is 1.98. The molecule has 1 aromatic rings. The van der Waals surface area contributed by atoms with Crippen LogP contribution >= 0.6 is 33.9 Å². The number of carbonyl (C=O) groups excluding carboxylic acids is 1. The summed E-state index contributed by atoms with van der Waals surface area (Å²) in [4.78, 5) is 12.0. The van der Waals surface area contributed by atoms with Crippen LogP contribution in [0.5, 0.6) is 0 Å². The standard InChI is InChI=1S/C12H12Cl3NO4S/c1-12(2-3-20-6-12)16-11(17)8-4-7(21(15,18)19)5-9(13)10(8)14/h4-5H,2-3,6H2,1H3,(H,16,17). The molecule has 1 aliphatic heterocycles. The number of ether oxygens (including phenoxy) is 1. The molecule has 5 nitrogen and oxygen atoms in total. The monoisotopic (exact) mass is 371 g/mol. The molecule has 116 valence electrons. The fraction of sp³-hybridized carbons (Fsp3) is 0.417. The van der Waals surface area contributed by atoms with E-state index >= 15 is 0 Å². The third-order valence-electron chi connectivity index (χ3n) is 3.16. The van der Waals surface area contributed by atoms with Crippen molar-refractivity contribution < 1.29 is 17.9 Å². The summed E-state index contributed by atoms with van der Waals surface area (Å²) in [5.74, 6) is -0.530. The second-order valence-corrected chi connectivity index (χ2v) is 8.37. The summed E-state index contributed by atoms with van der Waals surface area (Å²) < 4.78 is 28.0. The first-order chi connectivity index (χ1) is 9.62. The molecular formula is C12H12Cl3NO4S. The summed E-state index contributed by atoms with van der Waals surface area (Å²) in [6.45, 7) is 2.74. The lowest BCUT2D eigenvalue weighted by Crippen LogP contribution is -2.46. The molecule has 2 rings (SSSR count). The van der Waals surface area contributed by atoms with Gasteiger partial charge in [0.15, 0.2) is 0 Å². The van der Waals surface area contributed by atoms with E-state index in [1.54, 1.807) is 0 Å². The van der Waals surface area contributed by atoms with Gasteiger partial charge >= 0.3 is 0 Å². The average molecular weight is 373 g/mol. The van der Waals surface area contributed by atoms with Crippen LogP contribution in [-0.2, 0) is 13.8 Å². The number of amides is 1. The Bertz CT molecular complexity index is 684. The van der Waals surface area contributed by atoms with Crippen LogP contribution in [0.25, 0.3) is 0 Å². The quantitative estimate of drug-likeness (QED) is 0.828. The predicted molar refractivity (Wildman–Crippen MR) is 80.8 cm³/mol. The fourth-order valence-corrected chi connectivity index (χ4v) is 3.24. The third-order valence-corrected chi connectivity index (χ3v) is 5.30. The van der Waals surface area contributed by atoms with Crippen molar-refractivity contribution in [3.8, 4) is 0 Å². The summed E-state index contributed by atoms with van der Waals surface area (Å²) >= 11 is 11.8. The summed E-state index contributed by atoms with van der Waals surface area (Å²) in [5.41, 5.74) is -0.570. The third kappa shape index (κ3) is 3.81. The zero-order valence-corrected chi connectivity index (χ0v) is 14.0. The van der Waals surface area contributed by atoms with Crippen LogP contribution in [-0.4, -0.2) is 33.1 Å². The molecule has 1 N–H and O–H groups in total. The average Bonchev–Trinajstić information content (AvgIpc) is 2.77. The molecule has 21 heavy (non-hydrogen) atoms. The van der Waals surface area contributed by atoms with Crippen molar-refractivity contribution in [3.63, 3.8) is 0 Å². The van der Waals surface area contributed by atoms with Gasteiger partial charge in [0.1, 0.15) is 0 Å². The van der Waals surface area contributed by atoms with Crippen molar-refractivity contribution in [1.29, 1.82) is 0 Å². The molecule has 0 aliphatic carbocycles. The van der Waals surface area contributed by atoms with Crippen molar-refractivity contribution >= 4 is 48.8 Å². The van der Waals surface area contributed by atoms with Gasteiger partial charge in [-0.15, -0.1) is 0 Å². The van der Waals surface area contributed by atoms with Crippen LogP contribution in [0, 0.1) is 0 Å². The molecule has 0 aromatic heterocycles. The van der Waals surface area contributed by atoms with Crippen LogP contribution in [0.2, 0.25) is 10.0 Å². The maximum absolute atomic E-state index is 12.3. The molecule has 0 bridgehead atoms. The number of hydrogen-bond acceptors (Lipinski definition) is 4. The highest BCUT2D eigenvalue weighted by Crippen LogP contribution is 2.31. The van der Waals surface area contributed by atoms with Gasteiger partial charge in [-0.05, 0) is 25.5 Å². The number of carbonyl (C=O) groups is 1. The maximum atomic E-state index is 12.3. The molecule has 0 radical (unpaired) electrons. The van der Waals surface area contributed by atoms with Gasteiger partial charge in [-0.1, -0.05) is 23.2 Å². The molecule has 1 unspecified atom stereocenters. The summed E-state index contributed by atoms with van der Waals surface area (Å²) in [5, 5.41) is 2.69. The molecule has 1 atom stereocenters. The highest BCUT2D eigenvalue weighted by atomic mass is 35.7. The Morgan fingerprint density at radius 2 is 2.05 bits per heavy atom. The van der Waals surface area contributed by atoms with Gasteiger partial charge in [0.05, 0.1) is 32.7 Å². The van der Waals surface area contributed by atoms with Gasteiger partial charge in [0.2, 0.25) is 0 Å². The summed E-state index contributed by atoms with van der Waals surface area (Å²) in [7, 11) is 1.26. The minimum absolute atomic E-state index is 0.0271. The van der Waals surface area contributed by atoms with Crippen molar-refractivity contribution in [2.75, 3.05) is 13.2 Å². The zero-order valence-electron chi connectivity index (χ0n) is 11.0. The Kier molecular flexibility index (Phi) is 4.75. The van der Waals surface area contributed by atoms with Gasteiger partial charge in [-0.2, -0.15) is 0 Å². The second kappa shape index (κ2) is 5.93. The van der Waals surface area contributed by atoms with E-state index in [0.717, 1.165) is 12.1 Å². The molecule has 1 fully saturated rings. The van der Waals surface area contributed by atoms with Crippen LogP contribution in [0.15, 0.2) is 17.0 Å². The molecule has 1 aliphatic rings. The van der Waals surface area contributed by atoms with Gasteiger partial charge in [0.25, 0.3) is 15.0 Å². The summed E-state index contributed by atoms with van der Waals surface area (Å²) in [6, 6.07) is 2.20. The first kappa shape index (κ1) is 16.8. The molecule has 1 heterocycles. The van der Waals surface area contributed by atoms with Gasteiger partial charge < -0.3 is 10.1 Å². The van der Waals surface area contributed by atoms with Crippen LogP contribution in [0.1, 0.15) is 23.7 Å². The van der Waals surface area contributed by atoms with Gasteiger partial charge in [-0.3, -0.25) is 4.79 Å². The highest BCUT2D eigenvalue weighted by Gasteiger charge is 2.32. The SMILES string of the molecule is CC1(NC(=O)c2cc(S(=O)(=O)Cl)cc(Cl)c2Cl)CCOC1. The van der Waals surface area contributed by atoms with Crippen molar-refractivity contribution in [2.45, 2.75) is 23.8 Å². The van der Waals surface area contributed by atoms with E-state index in [9.17, 15) is 13.2 Å². The number of hydrogen-bond donors (Lipinski definition) is 1. The minimum Gasteiger partial charge on any atom is -0.379 e. The van der Waals surface area contributed by atoms with Gasteiger partial charge in [-0.25, -0.2) is 8.42 Å². The van der Waals surface area contributed by atoms with Crippen molar-refractivity contribution in [1.82, 2.24) is 5.32 Å². The molecule has 9 heteroatoms. The molecular weight excluding hydrogens is 361 g/mol. The van der Waals surface area contributed by atoms with Crippen molar-refractivity contribution in [2.24, 2.45) is 0 Å². The Morgan fingerprint density at radius 1 is 1.38 bits per heavy atom. The lowest BCUT2D eigenvalue weighted by atomic mass is 10.0. The van der Waals surface area contributed by atoms with Crippen molar-refractivity contribution in [3.05, 3.63) is 27.7 Å². The Hall–Kier alpha value is -0.530. The topological polar surface area (TPSA) is 72.5 Å². The normalized spacial score (nSPS) is 22.3. The largest absolute Gasteiger partial charge is 0.379 e. The maximum Gasteiger partial charge on any atom is 0.261 e. The first-order valence-electron chi connectivity index (χ1n) is 5.96. The zero-order chi connectivity index (χ0) is 15.8. The first-order valence-corrected chi connectivity index (χ1v) is 9.03. The number of nitrogens with one attached hydrogen (secondary N) is 1. The molecule has 0 spiro atoms. The van der Waals surface area contributed by atoms with E-state index in [-0.39, 0.29) is 20.5 Å². The number of benzene rings is 1. The molecule has 1 amide bonds. The minimum atomic E-state index is -4.02. The van der Waals surface area contributed by atoms with E-state index < -0.39 is 20.5 Å². The van der Waals surface area contributed by atoms with E-state index in [2.05, 4.69) is 5.32 Å². The Morgan fingerprint density at radius 3 is 2.57 bits per heavy atom. The number of rotatable bonds is 3. The van der Waals surface area contributed by atoms with E-state index in [4.69, 9.17) is 38.6 Å². The predicted octanol–water partition coefficient (Wildman–Crippen LogP) is 2.83. The Balaban J connectivity index is 2.38. The van der Waals surface area contributed by atoms with Crippen LogP contribution in [0.3, 0.4) is 0 Å². The van der Waals surface area contributed by atoms with Crippen LogP contribution in [0.4, 0.5) is 0 Å². The second-order valence-electron chi connectivity index (χ2n) is 5.02. The Labute approximate surface area is 136 Å². The molecule has 0 saturated carbocycles. The van der Waals surface area contributed by atoms with Gasteiger partial charge in [0, 0.05) is 17.3 Å². The smallest absolute Gasteiger partial charge is 0.261 e. The lowest BCUT2D eigenvalue weighted by Gasteiger charge is -2.24. The van der Waals surface area contributed by atoms with E-state index in [1.165, 1.54) is 0 Å². The number of halogens is 3. The lowest BCUT2D eigenvalue weighted by molar-refractivity contribution is 0.0890. The summed E-state index contributed by atoms with van der Waals surface area (Å²) in [6.07, 6.45) is 0.650. The molecule has 1 aromatic carbocycles. The highest BCUT2D eigenvalue weighted by molar-refractivity contribution is 8.13.